The molecule has 2 rings (SSSR count). The fourth-order valence-electron chi connectivity index (χ4n) is 1.97. The van der Waals surface area contributed by atoms with Gasteiger partial charge in [-0.1, -0.05) is 24.6 Å². The van der Waals surface area contributed by atoms with E-state index in [1.165, 1.54) is 31.4 Å². The van der Waals surface area contributed by atoms with Crippen molar-refractivity contribution in [1.82, 2.24) is 5.32 Å². The van der Waals surface area contributed by atoms with Crippen LogP contribution >= 0.6 is 0 Å². The molecule has 1 saturated heterocycles. The van der Waals surface area contributed by atoms with Gasteiger partial charge >= 0.3 is 0 Å². The predicted octanol–water partition coefficient (Wildman–Crippen LogP) is 2.75. The first-order valence-electron chi connectivity index (χ1n) is 7.26. The molecule has 1 heterocycles. The molecule has 0 spiro atoms. The number of ether oxygens (including phenoxy) is 1. The van der Waals surface area contributed by atoms with Gasteiger partial charge in [0.1, 0.15) is 6.23 Å². The van der Waals surface area contributed by atoms with Crippen molar-refractivity contribution in [3.8, 4) is 0 Å². The van der Waals surface area contributed by atoms with Crippen LogP contribution in [0.15, 0.2) is 29.2 Å². The Morgan fingerprint density at radius 1 is 1.29 bits per heavy atom. The average Bonchev–Trinajstić information content (AvgIpc) is 2.82. The van der Waals surface area contributed by atoms with Crippen LogP contribution in [0.3, 0.4) is 0 Å². The van der Waals surface area contributed by atoms with Gasteiger partial charge < -0.3 is 4.74 Å². The van der Waals surface area contributed by atoms with E-state index in [2.05, 4.69) is 19.2 Å². The van der Waals surface area contributed by atoms with E-state index in [9.17, 15) is 8.42 Å². The lowest BCUT2D eigenvalue weighted by atomic mass is 10.2. The van der Waals surface area contributed by atoms with E-state index >= 15 is 0 Å². The molecule has 2 atom stereocenters. The molecule has 0 unspecified atom stereocenters. The van der Waals surface area contributed by atoms with Crippen LogP contribution in [0.4, 0.5) is 0 Å². The Morgan fingerprint density at radius 3 is 2.33 bits per heavy atom. The highest BCUT2D eigenvalue weighted by atomic mass is 32.2. The number of nitrogens with one attached hydrogen (secondary N) is 1. The molecule has 21 heavy (non-hydrogen) atoms. The van der Waals surface area contributed by atoms with Crippen LogP contribution in [0.25, 0.3) is 0 Å². The van der Waals surface area contributed by atoms with Crippen molar-refractivity contribution >= 4 is 10.1 Å². The quantitative estimate of drug-likeness (QED) is 0.836. The lowest BCUT2D eigenvalue weighted by Gasteiger charge is -2.11. The smallest absolute Gasteiger partial charge is 0.294 e. The van der Waals surface area contributed by atoms with Gasteiger partial charge in [-0.15, -0.1) is 0 Å². The minimum atomic E-state index is -4.02. The topological polar surface area (TPSA) is 75.6 Å². The van der Waals surface area contributed by atoms with E-state index in [4.69, 9.17) is 9.29 Å². The van der Waals surface area contributed by atoms with Crippen LogP contribution in [0.1, 0.15) is 38.7 Å². The maximum absolute atomic E-state index is 10.5. The van der Waals surface area contributed by atoms with Crippen LogP contribution in [0.5, 0.6) is 0 Å². The second-order valence-corrected chi connectivity index (χ2v) is 6.68. The van der Waals surface area contributed by atoms with Crippen molar-refractivity contribution in [2.24, 2.45) is 0 Å². The fourth-order valence-corrected chi connectivity index (χ4v) is 2.45. The van der Waals surface area contributed by atoms with Crippen LogP contribution < -0.4 is 5.32 Å². The highest BCUT2D eigenvalue weighted by Gasteiger charge is 2.20. The summed E-state index contributed by atoms with van der Waals surface area (Å²) in [6.07, 6.45) is 4.39. The predicted molar refractivity (Wildman–Crippen MR) is 82.9 cm³/mol. The van der Waals surface area contributed by atoms with E-state index in [1.807, 2.05) is 6.92 Å². The molecular weight excluding hydrogens is 290 g/mol. The van der Waals surface area contributed by atoms with Gasteiger partial charge in [-0.05, 0) is 51.8 Å². The number of hydrogen-bond acceptors (Lipinski definition) is 4. The number of benzene rings is 1. The van der Waals surface area contributed by atoms with Gasteiger partial charge in [0.2, 0.25) is 0 Å². The van der Waals surface area contributed by atoms with Crippen molar-refractivity contribution in [3.63, 3.8) is 0 Å². The maximum atomic E-state index is 10.5. The minimum absolute atomic E-state index is 0.0666. The Labute approximate surface area is 127 Å². The molecular formula is C15H25NO4S. The molecule has 0 bridgehead atoms. The van der Waals surface area contributed by atoms with Gasteiger partial charge in [-0.2, -0.15) is 8.42 Å². The Balaban J connectivity index is 0.000000211. The highest BCUT2D eigenvalue weighted by Crippen LogP contribution is 2.16. The Morgan fingerprint density at radius 2 is 1.90 bits per heavy atom. The molecule has 1 aliphatic rings. The first kappa shape index (κ1) is 18.1. The zero-order valence-electron chi connectivity index (χ0n) is 12.9. The van der Waals surface area contributed by atoms with E-state index in [1.54, 1.807) is 12.1 Å². The summed E-state index contributed by atoms with van der Waals surface area (Å²) in [5, 5.41) is 3.34. The van der Waals surface area contributed by atoms with Crippen LogP contribution in [-0.4, -0.2) is 31.8 Å². The third-order valence-electron chi connectivity index (χ3n) is 3.17. The van der Waals surface area contributed by atoms with E-state index < -0.39 is 10.1 Å². The van der Waals surface area contributed by atoms with E-state index in [0.29, 0.717) is 12.3 Å². The Kier molecular flexibility index (Phi) is 7.31. The zero-order valence-corrected chi connectivity index (χ0v) is 13.7. The first-order chi connectivity index (χ1) is 9.82. The summed E-state index contributed by atoms with van der Waals surface area (Å²) in [5.41, 5.74) is 0.956. The van der Waals surface area contributed by atoms with Crippen LogP contribution in [0, 0.1) is 6.92 Å². The molecule has 1 aromatic rings. The van der Waals surface area contributed by atoms with Crippen molar-refractivity contribution in [2.75, 3.05) is 6.54 Å². The standard InChI is InChI=1S/C8H17NO.C7H8O3S/c1-3-6-9-8-5-4-7(2)10-8;1-6-2-4-7(5-3-6)11(8,9)10/h7-9H,3-6H2,1-2H3;2-5H,1H3,(H,8,9,10)/t7-,8-;/m1./s1. The largest absolute Gasteiger partial charge is 0.360 e. The zero-order chi connectivity index (χ0) is 15.9. The van der Waals surface area contributed by atoms with Gasteiger partial charge in [0.25, 0.3) is 10.1 Å². The fraction of sp³-hybridized carbons (Fsp3) is 0.600. The molecule has 1 aliphatic heterocycles. The first-order valence-corrected chi connectivity index (χ1v) is 8.70. The van der Waals surface area contributed by atoms with Gasteiger partial charge in [0, 0.05) is 0 Å². The van der Waals surface area contributed by atoms with Crippen molar-refractivity contribution in [2.45, 2.75) is 57.3 Å². The van der Waals surface area contributed by atoms with Gasteiger partial charge in [0.05, 0.1) is 11.0 Å². The van der Waals surface area contributed by atoms with E-state index in [-0.39, 0.29) is 4.90 Å². The summed E-state index contributed by atoms with van der Waals surface area (Å²) >= 11 is 0. The molecule has 1 aromatic carbocycles. The average molecular weight is 315 g/mol. The number of aryl methyl sites for hydroxylation is 1. The third kappa shape index (κ3) is 7.04. The van der Waals surface area contributed by atoms with Gasteiger partial charge in [-0.25, -0.2) is 0 Å². The normalized spacial score (nSPS) is 21.7. The maximum Gasteiger partial charge on any atom is 0.294 e. The van der Waals surface area contributed by atoms with Crippen LogP contribution in [0.2, 0.25) is 0 Å². The summed E-state index contributed by atoms with van der Waals surface area (Å²) in [7, 11) is -4.02. The summed E-state index contributed by atoms with van der Waals surface area (Å²) in [5.74, 6) is 0. The second-order valence-electron chi connectivity index (χ2n) is 5.25. The number of hydrogen-bond donors (Lipinski definition) is 2. The van der Waals surface area contributed by atoms with Crippen molar-refractivity contribution < 1.29 is 17.7 Å². The SMILES string of the molecule is CCCN[C@H]1CC[C@@H](C)O1.Cc1ccc(S(=O)(=O)O)cc1. The lowest BCUT2D eigenvalue weighted by molar-refractivity contribution is 0.0356. The molecule has 0 saturated carbocycles. The summed E-state index contributed by atoms with van der Waals surface area (Å²) in [4.78, 5) is -0.0666. The number of rotatable bonds is 4. The van der Waals surface area contributed by atoms with Gasteiger partial charge in [-0.3, -0.25) is 9.87 Å². The molecule has 6 heteroatoms. The molecule has 1 fully saturated rings. The highest BCUT2D eigenvalue weighted by molar-refractivity contribution is 7.85. The molecule has 0 aliphatic carbocycles. The third-order valence-corrected chi connectivity index (χ3v) is 4.04. The monoisotopic (exact) mass is 315 g/mol. The second kappa shape index (κ2) is 8.48. The van der Waals surface area contributed by atoms with Gasteiger partial charge in [0.15, 0.2) is 0 Å². The Hall–Kier alpha value is -0.950. The van der Waals surface area contributed by atoms with Crippen molar-refractivity contribution in [3.05, 3.63) is 29.8 Å². The minimum Gasteiger partial charge on any atom is -0.360 e. The lowest BCUT2D eigenvalue weighted by Crippen LogP contribution is -2.29. The molecule has 2 N–H and O–H groups in total. The molecule has 0 amide bonds. The summed E-state index contributed by atoms with van der Waals surface area (Å²) < 4.78 is 35.1. The molecule has 0 radical (unpaired) electrons. The summed E-state index contributed by atoms with van der Waals surface area (Å²) in [6, 6.07) is 5.99. The van der Waals surface area contributed by atoms with Crippen molar-refractivity contribution in [1.29, 1.82) is 0 Å². The van der Waals surface area contributed by atoms with E-state index in [0.717, 1.165) is 12.1 Å². The van der Waals surface area contributed by atoms with Crippen LogP contribution in [-0.2, 0) is 14.9 Å². The summed E-state index contributed by atoms with van der Waals surface area (Å²) in [6.45, 7) is 7.23. The molecule has 0 aromatic heterocycles. The molecule has 120 valence electrons. The molecule has 5 nitrogen and oxygen atoms in total. The Bertz CT molecular complexity index is 513.